The fourth-order valence-corrected chi connectivity index (χ4v) is 5.79. The van der Waals surface area contributed by atoms with Crippen LogP contribution in [0.1, 0.15) is 53.0 Å². The van der Waals surface area contributed by atoms with Gasteiger partial charge in [-0.2, -0.15) is 5.26 Å². The van der Waals surface area contributed by atoms with E-state index >= 15 is 0 Å². The summed E-state index contributed by atoms with van der Waals surface area (Å²) in [6.07, 6.45) is 1.79. The van der Waals surface area contributed by atoms with Crippen LogP contribution in [0.4, 0.5) is 5.69 Å². The predicted octanol–water partition coefficient (Wildman–Crippen LogP) is 7.80. The number of aryl methyl sites for hydroxylation is 3. The van der Waals surface area contributed by atoms with Crippen LogP contribution in [0, 0.1) is 32.1 Å². The molecule has 0 radical (unpaired) electrons. The molecule has 1 aliphatic heterocycles. The highest BCUT2D eigenvalue weighted by Crippen LogP contribution is 2.47. The van der Waals surface area contributed by atoms with Crippen LogP contribution in [-0.2, 0) is 11.4 Å². The van der Waals surface area contributed by atoms with Gasteiger partial charge < -0.3 is 10.5 Å². The van der Waals surface area contributed by atoms with Crippen LogP contribution in [0.3, 0.4) is 0 Å². The maximum absolute atomic E-state index is 13.6. The third kappa shape index (κ3) is 5.03. The Labute approximate surface area is 239 Å². The van der Waals surface area contributed by atoms with Gasteiger partial charge in [-0.3, -0.25) is 9.69 Å². The largest absolute Gasteiger partial charge is 0.489 e. The molecular weight excluding hydrogens is 529 g/mol. The van der Waals surface area contributed by atoms with E-state index in [0.29, 0.717) is 58.6 Å². The van der Waals surface area contributed by atoms with E-state index in [9.17, 15) is 10.1 Å². The van der Waals surface area contributed by atoms with Crippen molar-refractivity contribution in [3.05, 3.63) is 115 Å². The van der Waals surface area contributed by atoms with Crippen LogP contribution in [0.5, 0.6) is 5.75 Å². The molecule has 0 spiro atoms. The van der Waals surface area contributed by atoms with E-state index in [1.807, 2.05) is 45.0 Å². The number of nitriles is 1. The van der Waals surface area contributed by atoms with Crippen molar-refractivity contribution in [2.45, 2.75) is 52.6 Å². The zero-order valence-corrected chi connectivity index (χ0v) is 23.7. The molecule has 2 aliphatic rings. The monoisotopic (exact) mass is 557 g/mol. The number of ketones is 1. The van der Waals surface area contributed by atoms with Crippen LogP contribution < -0.4 is 15.4 Å². The van der Waals surface area contributed by atoms with Crippen molar-refractivity contribution in [1.29, 1.82) is 5.26 Å². The molecule has 0 bridgehead atoms. The topological polar surface area (TPSA) is 79.3 Å². The molecule has 0 fully saturated rings. The third-order valence-corrected chi connectivity index (χ3v) is 8.26. The van der Waals surface area contributed by atoms with Gasteiger partial charge in [-0.05, 0) is 86.2 Å². The Hall–Kier alpha value is -3.72. The second kappa shape index (κ2) is 10.8. The number of rotatable bonds is 5. The Morgan fingerprint density at radius 3 is 2.44 bits per heavy atom. The molecule has 1 unspecified atom stereocenters. The lowest BCUT2D eigenvalue weighted by molar-refractivity contribution is -0.116. The van der Waals surface area contributed by atoms with Gasteiger partial charge in [0.15, 0.2) is 5.78 Å². The van der Waals surface area contributed by atoms with Gasteiger partial charge in [0, 0.05) is 23.4 Å². The molecule has 5 rings (SSSR count). The summed E-state index contributed by atoms with van der Waals surface area (Å²) in [7, 11) is 0. The zero-order valence-electron chi connectivity index (χ0n) is 22.1. The number of hydrogen-bond acceptors (Lipinski definition) is 5. The van der Waals surface area contributed by atoms with Gasteiger partial charge in [-0.1, -0.05) is 53.0 Å². The van der Waals surface area contributed by atoms with Gasteiger partial charge in [-0.25, -0.2) is 0 Å². The van der Waals surface area contributed by atoms with E-state index in [0.717, 1.165) is 39.3 Å². The molecule has 5 nitrogen and oxygen atoms in total. The first-order valence-electron chi connectivity index (χ1n) is 12.9. The van der Waals surface area contributed by atoms with Crippen LogP contribution >= 0.6 is 23.2 Å². The highest BCUT2D eigenvalue weighted by Gasteiger charge is 2.41. The normalized spacial score (nSPS) is 17.3. The van der Waals surface area contributed by atoms with Crippen molar-refractivity contribution in [2.75, 3.05) is 4.90 Å². The van der Waals surface area contributed by atoms with Crippen LogP contribution in [0.2, 0.25) is 10.0 Å². The molecule has 1 heterocycles. The number of anilines is 1. The molecule has 0 amide bonds. The van der Waals surface area contributed by atoms with Gasteiger partial charge in [0.25, 0.3) is 0 Å². The van der Waals surface area contributed by atoms with Gasteiger partial charge in [0.1, 0.15) is 18.2 Å². The van der Waals surface area contributed by atoms with E-state index in [4.69, 9.17) is 33.7 Å². The first-order chi connectivity index (χ1) is 18.7. The van der Waals surface area contributed by atoms with Crippen molar-refractivity contribution in [1.82, 2.24) is 0 Å². The number of carbonyl (C=O) groups is 1. The zero-order chi connectivity index (χ0) is 27.8. The van der Waals surface area contributed by atoms with Crippen LogP contribution in [0.25, 0.3) is 0 Å². The highest BCUT2D eigenvalue weighted by molar-refractivity contribution is 6.42. The van der Waals surface area contributed by atoms with Crippen LogP contribution in [0.15, 0.2) is 77.3 Å². The molecule has 7 heteroatoms. The van der Waals surface area contributed by atoms with Crippen molar-refractivity contribution in [3.8, 4) is 11.8 Å². The number of allylic oxidation sites excluding steroid dienone is 3. The molecule has 198 valence electrons. The molecular formula is C32H29Cl2N3O2. The molecule has 0 aromatic heterocycles. The van der Waals surface area contributed by atoms with E-state index < -0.39 is 5.92 Å². The molecule has 39 heavy (non-hydrogen) atoms. The van der Waals surface area contributed by atoms with Crippen molar-refractivity contribution in [2.24, 2.45) is 5.73 Å². The molecule has 0 saturated heterocycles. The fourth-order valence-electron chi connectivity index (χ4n) is 5.49. The lowest BCUT2D eigenvalue weighted by Crippen LogP contribution is -2.39. The Morgan fingerprint density at radius 2 is 1.74 bits per heavy atom. The average molecular weight is 559 g/mol. The lowest BCUT2D eigenvalue weighted by Gasteiger charge is -2.40. The SMILES string of the molecule is Cc1ccc(OCc2cc(C3C(C#N)=C(N)N(c4ccc(Cl)c(Cl)c4)C4=C3C(=O)CCC4)c(C)cc2C)cc1. The summed E-state index contributed by atoms with van der Waals surface area (Å²) in [5, 5.41) is 11.2. The number of hydrogen-bond donors (Lipinski definition) is 1. The summed E-state index contributed by atoms with van der Waals surface area (Å²) in [6.45, 7) is 6.46. The fraction of sp³-hybridized carbons (Fsp3) is 0.250. The van der Waals surface area contributed by atoms with Gasteiger partial charge in [0.05, 0.1) is 27.6 Å². The van der Waals surface area contributed by atoms with E-state index in [-0.39, 0.29) is 5.78 Å². The number of nitrogens with two attached hydrogens (primary N) is 1. The number of nitrogens with zero attached hydrogens (tertiary/aromatic N) is 2. The molecule has 0 saturated carbocycles. The lowest BCUT2D eigenvalue weighted by atomic mass is 9.74. The minimum Gasteiger partial charge on any atom is -0.489 e. The van der Waals surface area contributed by atoms with Gasteiger partial charge >= 0.3 is 0 Å². The van der Waals surface area contributed by atoms with Gasteiger partial charge in [0.2, 0.25) is 0 Å². The minimum absolute atomic E-state index is 0.0315. The smallest absolute Gasteiger partial charge is 0.161 e. The molecule has 1 atom stereocenters. The summed E-state index contributed by atoms with van der Waals surface area (Å²) in [6, 6.07) is 19.6. The molecule has 1 aliphatic carbocycles. The van der Waals surface area contributed by atoms with Crippen LogP contribution in [-0.4, -0.2) is 5.78 Å². The number of Topliss-reactive ketones (excluding diaryl/α,β-unsaturated/α-hetero) is 1. The van der Waals surface area contributed by atoms with Crippen molar-refractivity contribution < 1.29 is 9.53 Å². The standard InChI is InChI=1S/C32H29Cl2N3O2/c1-18-7-10-23(11-8-18)39-17-21-14-24(20(3)13-19(21)2)30-25(16-35)32(36)37(22-9-12-26(33)27(34)15-22)28-5-4-6-29(38)31(28)30/h7-15,30H,4-6,17,36H2,1-3H3. The number of benzene rings is 3. The van der Waals surface area contributed by atoms with E-state index in [1.165, 1.54) is 0 Å². The quantitative estimate of drug-likeness (QED) is 0.346. The Kier molecular flexibility index (Phi) is 7.44. The highest BCUT2D eigenvalue weighted by atomic mass is 35.5. The summed E-state index contributed by atoms with van der Waals surface area (Å²) < 4.78 is 6.10. The predicted molar refractivity (Wildman–Crippen MR) is 156 cm³/mol. The third-order valence-electron chi connectivity index (χ3n) is 7.53. The average Bonchev–Trinajstić information content (AvgIpc) is 2.90. The first kappa shape index (κ1) is 26.9. The second-order valence-electron chi connectivity index (χ2n) is 10.2. The van der Waals surface area contributed by atoms with E-state index in [1.54, 1.807) is 23.1 Å². The number of ether oxygens (including phenoxy) is 1. The maximum Gasteiger partial charge on any atom is 0.161 e. The maximum atomic E-state index is 13.6. The van der Waals surface area contributed by atoms with Crippen molar-refractivity contribution in [3.63, 3.8) is 0 Å². The van der Waals surface area contributed by atoms with Gasteiger partial charge in [-0.15, -0.1) is 0 Å². The summed E-state index contributed by atoms with van der Waals surface area (Å²) >= 11 is 12.5. The molecule has 3 aromatic rings. The first-order valence-corrected chi connectivity index (χ1v) is 13.7. The van der Waals surface area contributed by atoms with E-state index in [2.05, 4.69) is 18.2 Å². The molecule has 2 N–H and O–H groups in total. The van der Waals surface area contributed by atoms with Crippen molar-refractivity contribution >= 4 is 34.7 Å². The Balaban J connectivity index is 1.62. The Morgan fingerprint density at radius 1 is 1.00 bits per heavy atom. The minimum atomic E-state index is -0.560. The number of halogens is 2. The summed E-state index contributed by atoms with van der Waals surface area (Å²) in [5.74, 6) is 0.553. The second-order valence-corrected chi connectivity index (χ2v) is 11.0. The summed E-state index contributed by atoms with van der Waals surface area (Å²) in [5.41, 5.74) is 14.3. The summed E-state index contributed by atoms with van der Waals surface area (Å²) in [4.78, 5) is 15.4. The Bertz CT molecular complexity index is 1580. The molecule has 3 aromatic carbocycles. The number of carbonyl (C=O) groups excluding carboxylic acids is 1.